The molecule has 0 spiro atoms. The second-order valence-corrected chi connectivity index (χ2v) is 5.74. The van der Waals surface area contributed by atoms with E-state index in [0.29, 0.717) is 0 Å². The number of aliphatic hydroxyl groups is 2. The highest BCUT2D eigenvalue weighted by Gasteiger charge is 2.31. The largest absolute Gasteiger partial charge is 0.481 e. The van der Waals surface area contributed by atoms with Gasteiger partial charge in [-0.05, 0) is 13.8 Å². The van der Waals surface area contributed by atoms with E-state index in [9.17, 15) is 29.1 Å². The summed E-state index contributed by atoms with van der Waals surface area (Å²) < 4.78 is 0. The Labute approximate surface area is 153 Å². The van der Waals surface area contributed by atoms with Gasteiger partial charge in [0.05, 0.1) is 19.1 Å². The molecule has 0 rings (SSSR count). The summed E-state index contributed by atoms with van der Waals surface area (Å²) in [7, 11) is 0. The SMILES string of the molecule is CC(NC(=O)C(NC(=O)C(N)CO)C(C)O)C(=O)NC(CC(=O)O)C(=O)O. The Morgan fingerprint density at radius 1 is 0.926 bits per heavy atom. The van der Waals surface area contributed by atoms with Crippen molar-refractivity contribution < 1.29 is 44.4 Å². The maximum atomic E-state index is 12.2. The van der Waals surface area contributed by atoms with Crippen LogP contribution in [-0.4, -0.2) is 87.0 Å². The Hall–Kier alpha value is -2.77. The lowest BCUT2D eigenvalue weighted by Crippen LogP contribution is -2.59. The number of nitrogens with two attached hydrogens (primary N) is 1. The molecule has 0 aliphatic heterocycles. The van der Waals surface area contributed by atoms with Crippen LogP contribution in [0.25, 0.3) is 0 Å². The van der Waals surface area contributed by atoms with E-state index in [2.05, 4.69) is 10.6 Å². The normalized spacial score (nSPS) is 16.2. The van der Waals surface area contributed by atoms with Gasteiger partial charge in [-0.2, -0.15) is 0 Å². The van der Waals surface area contributed by atoms with Gasteiger partial charge in [-0.3, -0.25) is 19.2 Å². The molecular weight excluding hydrogens is 368 g/mol. The maximum absolute atomic E-state index is 12.2. The monoisotopic (exact) mass is 392 g/mol. The predicted octanol–water partition coefficient (Wildman–Crippen LogP) is -4.28. The average Bonchev–Trinajstić information content (AvgIpc) is 2.56. The summed E-state index contributed by atoms with van der Waals surface area (Å²) in [5.74, 6) is -5.90. The van der Waals surface area contributed by atoms with Crippen LogP contribution >= 0.6 is 0 Å². The number of hydrogen-bond acceptors (Lipinski definition) is 8. The third-order valence-electron chi connectivity index (χ3n) is 3.34. The van der Waals surface area contributed by atoms with E-state index in [4.69, 9.17) is 21.1 Å². The van der Waals surface area contributed by atoms with Gasteiger partial charge in [0.2, 0.25) is 17.7 Å². The van der Waals surface area contributed by atoms with E-state index >= 15 is 0 Å². The maximum Gasteiger partial charge on any atom is 0.326 e. The third kappa shape index (κ3) is 8.44. The third-order valence-corrected chi connectivity index (χ3v) is 3.34. The molecule has 0 bridgehead atoms. The number of carbonyl (C=O) groups excluding carboxylic acids is 3. The van der Waals surface area contributed by atoms with Gasteiger partial charge in [-0.25, -0.2) is 4.79 Å². The molecule has 0 radical (unpaired) electrons. The van der Waals surface area contributed by atoms with Gasteiger partial charge in [0.1, 0.15) is 24.2 Å². The van der Waals surface area contributed by atoms with Crippen LogP contribution in [0.1, 0.15) is 20.3 Å². The van der Waals surface area contributed by atoms with Gasteiger partial charge in [-0.1, -0.05) is 0 Å². The predicted molar refractivity (Wildman–Crippen MR) is 88.1 cm³/mol. The minimum atomic E-state index is -1.70. The second kappa shape index (κ2) is 11.1. The van der Waals surface area contributed by atoms with Gasteiger partial charge in [-0.15, -0.1) is 0 Å². The molecule has 5 unspecified atom stereocenters. The Morgan fingerprint density at radius 3 is 1.89 bits per heavy atom. The van der Waals surface area contributed by atoms with Crippen molar-refractivity contribution in [2.75, 3.05) is 6.61 Å². The van der Waals surface area contributed by atoms with E-state index in [1.165, 1.54) is 13.8 Å². The average molecular weight is 392 g/mol. The van der Waals surface area contributed by atoms with Crippen molar-refractivity contribution >= 4 is 29.7 Å². The fraction of sp³-hybridized carbons (Fsp3) is 0.643. The molecule has 0 fully saturated rings. The molecule has 9 N–H and O–H groups in total. The second-order valence-electron chi connectivity index (χ2n) is 5.74. The van der Waals surface area contributed by atoms with Crippen molar-refractivity contribution in [1.29, 1.82) is 0 Å². The topological polar surface area (TPSA) is 228 Å². The van der Waals surface area contributed by atoms with Gasteiger partial charge in [0, 0.05) is 0 Å². The summed E-state index contributed by atoms with van der Waals surface area (Å²) >= 11 is 0. The first-order valence-electron chi connectivity index (χ1n) is 7.80. The fourth-order valence-corrected chi connectivity index (χ4v) is 1.79. The Bertz CT molecular complexity index is 581. The molecular formula is C14H24N4O9. The van der Waals surface area contributed by atoms with Crippen LogP contribution in [0.15, 0.2) is 0 Å². The van der Waals surface area contributed by atoms with Crippen LogP contribution < -0.4 is 21.7 Å². The van der Waals surface area contributed by atoms with E-state index in [0.717, 1.165) is 0 Å². The van der Waals surface area contributed by atoms with Crippen molar-refractivity contribution in [3.8, 4) is 0 Å². The zero-order valence-electron chi connectivity index (χ0n) is 14.7. The molecule has 5 atom stereocenters. The summed E-state index contributed by atoms with van der Waals surface area (Å²) in [6.45, 7) is 1.68. The van der Waals surface area contributed by atoms with Crippen molar-refractivity contribution in [3.63, 3.8) is 0 Å². The number of carbonyl (C=O) groups is 5. The molecule has 3 amide bonds. The minimum absolute atomic E-state index is 0.695. The van der Waals surface area contributed by atoms with Crippen LogP contribution in [0, 0.1) is 0 Å². The minimum Gasteiger partial charge on any atom is -0.481 e. The number of rotatable bonds is 11. The Balaban J connectivity index is 4.96. The van der Waals surface area contributed by atoms with Crippen LogP contribution in [-0.2, 0) is 24.0 Å². The standard InChI is InChI=1S/C14H24N4O9/c1-5(11(23)17-8(14(26)27)3-9(21)22)16-13(25)10(6(2)20)18-12(24)7(15)4-19/h5-8,10,19-20H,3-4,15H2,1-2H3,(H,16,25)(H,17,23)(H,18,24)(H,21,22)(H,26,27). The first kappa shape index (κ1) is 24.2. The lowest BCUT2D eigenvalue weighted by Gasteiger charge is -2.24. The van der Waals surface area contributed by atoms with Crippen molar-refractivity contribution in [2.24, 2.45) is 5.73 Å². The molecule has 154 valence electrons. The Morgan fingerprint density at radius 2 is 1.48 bits per heavy atom. The van der Waals surface area contributed by atoms with Gasteiger partial charge in [0.15, 0.2) is 0 Å². The molecule has 27 heavy (non-hydrogen) atoms. The molecule has 13 nitrogen and oxygen atoms in total. The van der Waals surface area contributed by atoms with Crippen molar-refractivity contribution in [3.05, 3.63) is 0 Å². The number of hydrogen-bond donors (Lipinski definition) is 8. The molecule has 0 saturated heterocycles. The molecule has 0 aliphatic rings. The van der Waals surface area contributed by atoms with Crippen LogP contribution in [0.2, 0.25) is 0 Å². The molecule has 0 aromatic carbocycles. The van der Waals surface area contributed by atoms with E-state index in [-0.39, 0.29) is 0 Å². The molecule has 0 aromatic rings. The number of nitrogens with one attached hydrogen (secondary N) is 3. The zero-order chi connectivity index (χ0) is 21.3. The Kier molecular flexibility index (Phi) is 9.92. The highest BCUT2D eigenvalue weighted by molar-refractivity contribution is 5.94. The quantitative estimate of drug-likeness (QED) is 0.169. The fourth-order valence-electron chi connectivity index (χ4n) is 1.79. The van der Waals surface area contributed by atoms with Crippen molar-refractivity contribution in [2.45, 2.75) is 50.5 Å². The van der Waals surface area contributed by atoms with E-state index < -0.39 is 73.0 Å². The van der Waals surface area contributed by atoms with Crippen molar-refractivity contribution in [1.82, 2.24) is 16.0 Å². The molecule has 0 aromatic heterocycles. The van der Waals surface area contributed by atoms with Crippen LogP contribution in [0.3, 0.4) is 0 Å². The summed E-state index contributed by atoms with van der Waals surface area (Å²) in [6, 6.07) is -5.84. The lowest BCUT2D eigenvalue weighted by molar-refractivity contribution is -0.147. The van der Waals surface area contributed by atoms with Crippen LogP contribution in [0.5, 0.6) is 0 Å². The van der Waals surface area contributed by atoms with Gasteiger partial charge in [0.25, 0.3) is 0 Å². The van der Waals surface area contributed by atoms with E-state index in [1.54, 1.807) is 0 Å². The number of carboxylic acids is 2. The van der Waals surface area contributed by atoms with Gasteiger partial charge >= 0.3 is 11.9 Å². The first-order valence-corrected chi connectivity index (χ1v) is 7.80. The van der Waals surface area contributed by atoms with Crippen LogP contribution in [0.4, 0.5) is 0 Å². The smallest absolute Gasteiger partial charge is 0.326 e. The molecule has 0 saturated carbocycles. The highest BCUT2D eigenvalue weighted by Crippen LogP contribution is 1.98. The first-order chi connectivity index (χ1) is 12.4. The zero-order valence-corrected chi connectivity index (χ0v) is 14.7. The molecule has 0 heterocycles. The summed E-state index contributed by atoms with van der Waals surface area (Å²) in [5.41, 5.74) is 5.29. The summed E-state index contributed by atoms with van der Waals surface area (Å²) in [4.78, 5) is 57.3. The summed E-state index contributed by atoms with van der Waals surface area (Å²) in [6.07, 6.45) is -2.25. The summed E-state index contributed by atoms with van der Waals surface area (Å²) in [5, 5.41) is 42.2. The highest BCUT2D eigenvalue weighted by atomic mass is 16.4. The van der Waals surface area contributed by atoms with E-state index in [1.807, 2.05) is 5.32 Å². The van der Waals surface area contributed by atoms with Gasteiger partial charge < -0.3 is 42.1 Å². The lowest BCUT2D eigenvalue weighted by atomic mass is 10.1. The number of carboxylic acid groups (broad SMARTS) is 2. The number of amides is 3. The molecule has 13 heteroatoms. The molecule has 0 aliphatic carbocycles. The number of aliphatic hydroxyl groups excluding tert-OH is 2. The number of aliphatic carboxylic acids is 2.